The molecule has 0 bridgehead atoms. The van der Waals surface area contributed by atoms with E-state index in [9.17, 15) is 9.59 Å². The number of hydrogen-bond acceptors (Lipinski definition) is 2. The summed E-state index contributed by atoms with van der Waals surface area (Å²) >= 11 is 0. The molecule has 2 aromatic carbocycles. The van der Waals surface area contributed by atoms with E-state index >= 15 is 0 Å². The molecule has 0 heterocycles. The van der Waals surface area contributed by atoms with Crippen LogP contribution in [0.25, 0.3) is 0 Å². The van der Waals surface area contributed by atoms with Crippen molar-refractivity contribution >= 4 is 12.1 Å². The summed E-state index contributed by atoms with van der Waals surface area (Å²) in [6.45, 7) is 2.01. The molecule has 0 aliphatic rings. The van der Waals surface area contributed by atoms with E-state index in [1.807, 2.05) is 31.2 Å². The van der Waals surface area contributed by atoms with Gasteiger partial charge in [0.2, 0.25) is 0 Å². The average molecular weight is 238 g/mol. The van der Waals surface area contributed by atoms with Gasteiger partial charge in [-0.3, -0.25) is 9.59 Å². The van der Waals surface area contributed by atoms with Crippen molar-refractivity contribution in [1.82, 2.24) is 0 Å². The Kier molecular flexibility index (Phi) is 3.68. The zero-order chi connectivity index (χ0) is 13.0. The van der Waals surface area contributed by atoms with Crippen LogP contribution in [0.4, 0.5) is 0 Å². The predicted octanol–water partition coefficient (Wildman–Crippen LogP) is 3.23. The summed E-state index contributed by atoms with van der Waals surface area (Å²) in [5.41, 5.74) is 3.39. The number of benzene rings is 2. The number of Topliss-reactive ketones (excluding diaryl/α,β-unsaturated/α-hetero) is 1. The van der Waals surface area contributed by atoms with Crippen molar-refractivity contribution in [2.75, 3.05) is 0 Å². The summed E-state index contributed by atoms with van der Waals surface area (Å²) in [4.78, 5) is 22.6. The fraction of sp³-hybridized carbons (Fsp3) is 0.125. The molecule has 0 radical (unpaired) electrons. The molecule has 2 heteroatoms. The summed E-state index contributed by atoms with van der Waals surface area (Å²) in [5.74, 6) is 0.0676. The fourth-order valence-electron chi connectivity index (χ4n) is 1.86. The molecule has 0 aliphatic heterocycles. The van der Waals surface area contributed by atoms with Gasteiger partial charge in [0.1, 0.15) is 6.29 Å². The molecule has 0 atom stereocenters. The Hall–Kier alpha value is -2.22. The Morgan fingerprint density at radius 2 is 1.83 bits per heavy atom. The molecule has 0 aromatic heterocycles. The zero-order valence-corrected chi connectivity index (χ0v) is 10.2. The monoisotopic (exact) mass is 238 g/mol. The van der Waals surface area contributed by atoms with Crippen molar-refractivity contribution < 1.29 is 9.59 Å². The largest absolute Gasteiger partial charge is 0.298 e. The van der Waals surface area contributed by atoms with Crippen molar-refractivity contribution in [3.63, 3.8) is 0 Å². The Labute approximate surface area is 106 Å². The standard InChI is InChI=1S/C16H14O2/c1-12-3-2-4-14(9-12)10-16(18)15-7-5-13(11-17)6-8-15/h2-9,11H,10H2,1H3. The van der Waals surface area contributed by atoms with Crippen molar-refractivity contribution in [2.24, 2.45) is 0 Å². The van der Waals surface area contributed by atoms with E-state index in [1.165, 1.54) is 0 Å². The highest BCUT2D eigenvalue weighted by molar-refractivity contribution is 5.98. The van der Waals surface area contributed by atoms with E-state index < -0.39 is 0 Å². The Balaban J connectivity index is 2.14. The van der Waals surface area contributed by atoms with Gasteiger partial charge in [0, 0.05) is 17.5 Å². The summed E-state index contributed by atoms with van der Waals surface area (Å²) in [7, 11) is 0. The lowest BCUT2D eigenvalue weighted by atomic mass is 10.0. The molecular formula is C16H14O2. The maximum absolute atomic E-state index is 12.0. The third-order valence-corrected chi connectivity index (χ3v) is 2.82. The maximum Gasteiger partial charge on any atom is 0.167 e. The number of hydrogen-bond donors (Lipinski definition) is 0. The Morgan fingerprint density at radius 3 is 2.44 bits per heavy atom. The van der Waals surface area contributed by atoms with Gasteiger partial charge < -0.3 is 0 Å². The van der Waals surface area contributed by atoms with Crippen molar-refractivity contribution in [3.8, 4) is 0 Å². The van der Waals surface area contributed by atoms with Gasteiger partial charge >= 0.3 is 0 Å². The van der Waals surface area contributed by atoms with Gasteiger partial charge in [0.15, 0.2) is 5.78 Å². The van der Waals surface area contributed by atoms with Gasteiger partial charge in [-0.1, -0.05) is 54.1 Å². The molecule has 0 unspecified atom stereocenters. The van der Waals surface area contributed by atoms with Gasteiger partial charge in [-0.2, -0.15) is 0 Å². The lowest BCUT2D eigenvalue weighted by Gasteiger charge is -2.03. The van der Waals surface area contributed by atoms with Crippen LogP contribution in [0.1, 0.15) is 31.8 Å². The van der Waals surface area contributed by atoms with E-state index in [0.717, 1.165) is 17.4 Å². The highest BCUT2D eigenvalue weighted by Crippen LogP contribution is 2.10. The lowest BCUT2D eigenvalue weighted by molar-refractivity contribution is 0.0992. The van der Waals surface area contributed by atoms with E-state index in [4.69, 9.17) is 0 Å². The average Bonchev–Trinajstić information content (AvgIpc) is 2.39. The van der Waals surface area contributed by atoms with Crippen LogP contribution in [-0.4, -0.2) is 12.1 Å². The van der Waals surface area contributed by atoms with Crippen LogP contribution in [0.2, 0.25) is 0 Å². The lowest BCUT2D eigenvalue weighted by Crippen LogP contribution is -2.03. The first-order valence-corrected chi connectivity index (χ1v) is 5.83. The molecule has 18 heavy (non-hydrogen) atoms. The topological polar surface area (TPSA) is 34.1 Å². The minimum absolute atomic E-state index is 0.0676. The normalized spacial score (nSPS) is 10.1. The van der Waals surface area contributed by atoms with Crippen LogP contribution in [-0.2, 0) is 6.42 Å². The number of carbonyl (C=O) groups excluding carboxylic acids is 2. The summed E-state index contributed by atoms with van der Waals surface area (Å²) in [5, 5.41) is 0. The molecule has 2 rings (SSSR count). The minimum Gasteiger partial charge on any atom is -0.298 e. The van der Waals surface area contributed by atoms with Crippen LogP contribution < -0.4 is 0 Å². The molecule has 0 aliphatic carbocycles. The molecule has 2 aromatic rings. The van der Waals surface area contributed by atoms with Gasteiger partial charge in [-0.25, -0.2) is 0 Å². The van der Waals surface area contributed by atoms with Gasteiger partial charge in [-0.05, 0) is 12.5 Å². The van der Waals surface area contributed by atoms with Gasteiger partial charge in [0.05, 0.1) is 0 Å². The molecule has 90 valence electrons. The van der Waals surface area contributed by atoms with Gasteiger partial charge in [0.25, 0.3) is 0 Å². The quantitative estimate of drug-likeness (QED) is 0.605. The van der Waals surface area contributed by atoms with Crippen LogP contribution >= 0.6 is 0 Å². The van der Waals surface area contributed by atoms with Crippen molar-refractivity contribution in [1.29, 1.82) is 0 Å². The molecule has 0 amide bonds. The van der Waals surface area contributed by atoms with Crippen molar-refractivity contribution in [2.45, 2.75) is 13.3 Å². The van der Waals surface area contributed by atoms with E-state index in [0.29, 0.717) is 17.5 Å². The van der Waals surface area contributed by atoms with E-state index in [1.54, 1.807) is 24.3 Å². The Bertz CT molecular complexity index is 568. The zero-order valence-electron chi connectivity index (χ0n) is 10.2. The highest BCUT2D eigenvalue weighted by atomic mass is 16.1. The number of aldehydes is 1. The molecule has 0 N–H and O–H groups in total. The van der Waals surface area contributed by atoms with E-state index in [2.05, 4.69) is 0 Å². The number of carbonyl (C=O) groups is 2. The molecule has 2 nitrogen and oxygen atoms in total. The van der Waals surface area contributed by atoms with Crippen molar-refractivity contribution in [3.05, 3.63) is 70.8 Å². The first-order valence-electron chi connectivity index (χ1n) is 5.83. The third-order valence-electron chi connectivity index (χ3n) is 2.82. The summed E-state index contributed by atoms with van der Waals surface area (Å²) in [6, 6.07) is 14.6. The predicted molar refractivity (Wildman–Crippen MR) is 71.0 cm³/mol. The second-order valence-corrected chi connectivity index (χ2v) is 4.33. The molecule has 0 saturated heterocycles. The maximum atomic E-state index is 12.0. The van der Waals surface area contributed by atoms with Crippen LogP contribution in [0.15, 0.2) is 48.5 Å². The SMILES string of the molecule is Cc1cccc(CC(=O)c2ccc(C=O)cc2)c1. The second-order valence-electron chi connectivity index (χ2n) is 4.33. The van der Waals surface area contributed by atoms with E-state index in [-0.39, 0.29) is 5.78 Å². The van der Waals surface area contributed by atoms with Crippen LogP contribution in [0.5, 0.6) is 0 Å². The highest BCUT2D eigenvalue weighted by Gasteiger charge is 2.07. The second kappa shape index (κ2) is 5.41. The van der Waals surface area contributed by atoms with Gasteiger partial charge in [-0.15, -0.1) is 0 Å². The minimum atomic E-state index is 0.0676. The number of rotatable bonds is 4. The summed E-state index contributed by atoms with van der Waals surface area (Å²) in [6.07, 6.45) is 1.16. The van der Waals surface area contributed by atoms with Crippen LogP contribution in [0.3, 0.4) is 0 Å². The smallest absolute Gasteiger partial charge is 0.167 e. The van der Waals surface area contributed by atoms with Crippen LogP contribution in [0, 0.1) is 6.92 Å². The molecule has 0 saturated carbocycles. The molecule has 0 spiro atoms. The Morgan fingerprint density at radius 1 is 1.11 bits per heavy atom. The number of aryl methyl sites for hydroxylation is 1. The first kappa shape index (κ1) is 12.2. The third kappa shape index (κ3) is 2.92. The fourth-order valence-corrected chi connectivity index (χ4v) is 1.86. The molecule has 0 fully saturated rings. The number of ketones is 1. The summed E-state index contributed by atoms with van der Waals surface area (Å²) < 4.78 is 0. The molecular weight excluding hydrogens is 224 g/mol. The first-order chi connectivity index (χ1) is 8.69.